The maximum atomic E-state index is 13.6. The fourth-order valence-corrected chi connectivity index (χ4v) is 3.72. The van der Waals surface area contributed by atoms with E-state index in [9.17, 15) is 13.6 Å². The molecule has 1 aliphatic heterocycles. The molecule has 3 aromatic rings. The minimum absolute atomic E-state index is 0.144. The van der Waals surface area contributed by atoms with Gasteiger partial charge in [0.1, 0.15) is 0 Å². The van der Waals surface area contributed by atoms with Gasteiger partial charge in [0.15, 0.2) is 5.69 Å². The third-order valence-corrected chi connectivity index (χ3v) is 5.33. The molecule has 0 atom stereocenters. The Morgan fingerprint density at radius 1 is 1.19 bits per heavy atom. The number of rotatable bonds is 6. The molecule has 1 saturated heterocycles. The highest BCUT2D eigenvalue weighted by atomic mass is 19.3. The standard InChI is InChI=1S/C24H23F2N5O/c1-17-15-19(30-14-11-24(25,26)16-30)7-8-21(17)31-13-10-22(32)23(29-31)20(9-12-27)28-18-5-3-2-4-6-18/h2-10,12-13,15,27-28H,11,14,16H2,1H3/b20-9-,27-12?. The van der Waals surface area contributed by atoms with E-state index in [0.717, 1.165) is 28.8 Å². The monoisotopic (exact) mass is 435 g/mol. The van der Waals surface area contributed by atoms with Crippen molar-refractivity contribution in [2.75, 3.05) is 23.3 Å². The summed E-state index contributed by atoms with van der Waals surface area (Å²) in [6, 6.07) is 16.2. The lowest BCUT2D eigenvalue weighted by Crippen LogP contribution is -2.25. The van der Waals surface area contributed by atoms with Crippen LogP contribution in [0.4, 0.5) is 20.2 Å². The number of hydrogen-bond acceptors (Lipinski definition) is 5. The summed E-state index contributed by atoms with van der Waals surface area (Å²) in [4.78, 5) is 14.3. The van der Waals surface area contributed by atoms with Crippen LogP contribution >= 0.6 is 0 Å². The Bertz CT molecular complexity index is 1220. The molecular formula is C24H23F2N5O. The molecule has 4 rings (SSSR count). The van der Waals surface area contributed by atoms with Crippen molar-refractivity contribution in [2.45, 2.75) is 19.3 Å². The zero-order valence-corrected chi connectivity index (χ0v) is 17.6. The van der Waals surface area contributed by atoms with Gasteiger partial charge >= 0.3 is 0 Å². The minimum Gasteiger partial charge on any atom is -0.365 e. The van der Waals surface area contributed by atoms with Gasteiger partial charge in [0.2, 0.25) is 5.43 Å². The Labute approximate surface area is 184 Å². The molecule has 32 heavy (non-hydrogen) atoms. The van der Waals surface area contributed by atoms with E-state index in [1.165, 1.54) is 12.1 Å². The van der Waals surface area contributed by atoms with Gasteiger partial charge in [-0.15, -0.1) is 0 Å². The molecule has 2 aromatic carbocycles. The van der Waals surface area contributed by atoms with E-state index in [4.69, 9.17) is 5.41 Å². The first-order valence-electron chi connectivity index (χ1n) is 10.2. The van der Waals surface area contributed by atoms with Crippen molar-refractivity contribution >= 4 is 23.3 Å². The molecule has 0 unspecified atom stereocenters. The van der Waals surface area contributed by atoms with Gasteiger partial charge in [0, 0.05) is 42.8 Å². The smallest absolute Gasteiger partial charge is 0.266 e. The summed E-state index contributed by atoms with van der Waals surface area (Å²) < 4.78 is 28.8. The average Bonchev–Trinajstić information content (AvgIpc) is 3.14. The highest BCUT2D eigenvalue weighted by molar-refractivity contribution is 5.86. The lowest BCUT2D eigenvalue weighted by molar-refractivity contribution is 0.0257. The Kier molecular flexibility index (Phi) is 5.85. The van der Waals surface area contributed by atoms with Crippen LogP contribution in [-0.2, 0) is 0 Å². The second-order valence-corrected chi connectivity index (χ2v) is 7.71. The second-order valence-electron chi connectivity index (χ2n) is 7.71. The predicted octanol–water partition coefficient (Wildman–Crippen LogP) is 4.49. The Morgan fingerprint density at radius 2 is 1.97 bits per heavy atom. The molecule has 0 bridgehead atoms. The lowest BCUT2D eigenvalue weighted by Gasteiger charge is -2.20. The number of benzene rings is 2. The van der Waals surface area contributed by atoms with Crippen molar-refractivity contribution in [1.82, 2.24) is 9.78 Å². The molecule has 0 radical (unpaired) electrons. The number of nitrogens with one attached hydrogen (secondary N) is 2. The summed E-state index contributed by atoms with van der Waals surface area (Å²) in [5.74, 6) is -2.66. The largest absolute Gasteiger partial charge is 0.365 e. The van der Waals surface area contributed by atoms with Gasteiger partial charge in [-0.2, -0.15) is 5.10 Å². The van der Waals surface area contributed by atoms with Gasteiger partial charge in [-0.3, -0.25) is 4.79 Å². The Morgan fingerprint density at radius 3 is 2.62 bits per heavy atom. The minimum atomic E-state index is -2.66. The molecule has 1 aromatic heterocycles. The molecule has 164 valence electrons. The number of anilines is 2. The fraction of sp³-hybridized carbons (Fsp3) is 0.208. The Balaban J connectivity index is 1.67. The molecule has 0 saturated carbocycles. The van der Waals surface area contributed by atoms with Crippen LogP contribution in [0.15, 0.2) is 71.7 Å². The number of halogens is 2. The second kappa shape index (κ2) is 8.74. The van der Waals surface area contributed by atoms with Crippen molar-refractivity contribution in [3.05, 3.63) is 88.4 Å². The summed E-state index contributed by atoms with van der Waals surface area (Å²) in [7, 11) is 0. The van der Waals surface area contributed by atoms with E-state index in [0.29, 0.717) is 12.2 Å². The number of allylic oxidation sites excluding steroid dienone is 1. The zero-order chi connectivity index (χ0) is 22.7. The average molecular weight is 435 g/mol. The Hall–Kier alpha value is -3.81. The molecule has 0 aliphatic carbocycles. The van der Waals surface area contributed by atoms with Crippen LogP contribution in [0.1, 0.15) is 17.7 Å². The molecule has 1 fully saturated rings. The van der Waals surface area contributed by atoms with Gasteiger partial charge in [0.05, 0.1) is 17.9 Å². The van der Waals surface area contributed by atoms with Crippen molar-refractivity contribution in [1.29, 1.82) is 5.41 Å². The van der Waals surface area contributed by atoms with E-state index in [2.05, 4.69) is 10.4 Å². The van der Waals surface area contributed by atoms with Crippen molar-refractivity contribution < 1.29 is 8.78 Å². The molecule has 0 amide bonds. The highest BCUT2D eigenvalue weighted by Crippen LogP contribution is 2.32. The number of hydrogen-bond donors (Lipinski definition) is 2. The maximum absolute atomic E-state index is 13.6. The molecule has 2 N–H and O–H groups in total. The van der Waals surface area contributed by atoms with Crippen LogP contribution in [0.3, 0.4) is 0 Å². The zero-order valence-electron chi connectivity index (χ0n) is 17.6. The van der Waals surface area contributed by atoms with E-state index in [1.807, 2.05) is 49.4 Å². The summed E-state index contributed by atoms with van der Waals surface area (Å²) in [5.41, 5.74) is 3.36. The number of aromatic nitrogens is 2. The van der Waals surface area contributed by atoms with E-state index in [-0.39, 0.29) is 24.1 Å². The molecule has 2 heterocycles. The maximum Gasteiger partial charge on any atom is 0.266 e. The van der Waals surface area contributed by atoms with Gasteiger partial charge in [-0.25, -0.2) is 13.5 Å². The predicted molar refractivity (Wildman–Crippen MR) is 123 cm³/mol. The SMILES string of the molecule is Cc1cc(N2CCC(F)(F)C2)ccc1-n1ccc(=O)c(/C(=C/C=N)Nc2ccccc2)n1. The van der Waals surface area contributed by atoms with Crippen LogP contribution < -0.4 is 15.6 Å². The first kappa shape index (κ1) is 21.4. The van der Waals surface area contributed by atoms with Gasteiger partial charge in [-0.1, -0.05) is 18.2 Å². The molecule has 1 aliphatic rings. The van der Waals surface area contributed by atoms with Crippen LogP contribution in [0.25, 0.3) is 11.4 Å². The normalized spacial score (nSPS) is 15.6. The van der Waals surface area contributed by atoms with Crippen molar-refractivity contribution in [2.24, 2.45) is 0 Å². The van der Waals surface area contributed by atoms with Crippen molar-refractivity contribution in [3.63, 3.8) is 0 Å². The van der Waals surface area contributed by atoms with Gasteiger partial charge in [-0.05, 0) is 48.9 Å². The quantitative estimate of drug-likeness (QED) is 0.560. The fourth-order valence-electron chi connectivity index (χ4n) is 3.72. The van der Waals surface area contributed by atoms with E-state index < -0.39 is 5.92 Å². The number of nitrogens with zero attached hydrogens (tertiary/aromatic N) is 3. The summed E-state index contributed by atoms with van der Waals surface area (Å²) in [6.07, 6.45) is 4.00. The molecule has 8 heteroatoms. The molecular weight excluding hydrogens is 412 g/mol. The van der Waals surface area contributed by atoms with E-state index >= 15 is 0 Å². The third-order valence-electron chi connectivity index (χ3n) is 5.33. The molecule has 6 nitrogen and oxygen atoms in total. The number of para-hydroxylation sites is 1. The lowest BCUT2D eigenvalue weighted by atomic mass is 10.1. The molecule has 0 spiro atoms. The first-order valence-corrected chi connectivity index (χ1v) is 10.2. The third kappa shape index (κ3) is 4.59. The number of aryl methyl sites for hydroxylation is 1. The summed E-state index contributed by atoms with van der Waals surface area (Å²) >= 11 is 0. The summed E-state index contributed by atoms with van der Waals surface area (Å²) in [5, 5.41) is 15.1. The van der Waals surface area contributed by atoms with Crippen LogP contribution in [0.2, 0.25) is 0 Å². The first-order chi connectivity index (χ1) is 15.4. The van der Waals surface area contributed by atoms with Crippen molar-refractivity contribution in [3.8, 4) is 5.69 Å². The van der Waals surface area contributed by atoms with Crippen LogP contribution in [0.5, 0.6) is 0 Å². The van der Waals surface area contributed by atoms with Gasteiger partial charge in [0.25, 0.3) is 5.92 Å². The summed E-state index contributed by atoms with van der Waals surface area (Å²) in [6.45, 7) is 1.91. The van der Waals surface area contributed by atoms with Gasteiger partial charge < -0.3 is 15.6 Å². The van der Waals surface area contributed by atoms with Crippen LogP contribution in [-0.4, -0.2) is 35.0 Å². The highest BCUT2D eigenvalue weighted by Gasteiger charge is 2.38. The topological polar surface area (TPSA) is 74.0 Å². The van der Waals surface area contributed by atoms with E-state index in [1.54, 1.807) is 21.8 Å². The van der Waals surface area contributed by atoms with Crippen LogP contribution in [0, 0.1) is 12.3 Å². The number of alkyl halides is 2.